The first kappa shape index (κ1) is 27.8. The van der Waals surface area contributed by atoms with E-state index < -0.39 is 11.2 Å². The van der Waals surface area contributed by atoms with Crippen molar-refractivity contribution in [2.45, 2.75) is 113 Å². The van der Waals surface area contributed by atoms with Crippen molar-refractivity contribution < 1.29 is 19.1 Å². The fourth-order valence-electron chi connectivity index (χ4n) is 4.74. The SMILES string of the molecule is CC(C)(C)OC(=O)N1CCCC(C(C)(C)CCC(C)(C)OC(=O)N2CC(C(C)(C)C)C2)CC1. The zero-order valence-electron chi connectivity index (χ0n) is 23.0. The summed E-state index contributed by atoms with van der Waals surface area (Å²) in [5, 5.41) is 0. The summed E-state index contributed by atoms with van der Waals surface area (Å²) in [4.78, 5) is 28.8. The molecular formula is C27H50N2O4. The molecule has 1 atom stereocenters. The molecule has 1 unspecified atom stereocenters. The van der Waals surface area contributed by atoms with E-state index in [2.05, 4.69) is 34.6 Å². The van der Waals surface area contributed by atoms with Crippen LogP contribution in [-0.2, 0) is 9.47 Å². The van der Waals surface area contributed by atoms with Crippen molar-refractivity contribution in [3.63, 3.8) is 0 Å². The summed E-state index contributed by atoms with van der Waals surface area (Å²) in [6.45, 7) is 24.2. The molecule has 0 spiro atoms. The monoisotopic (exact) mass is 466 g/mol. The van der Waals surface area contributed by atoms with Gasteiger partial charge >= 0.3 is 12.2 Å². The zero-order chi connectivity index (χ0) is 25.2. The number of hydrogen-bond acceptors (Lipinski definition) is 4. The summed E-state index contributed by atoms with van der Waals surface area (Å²) < 4.78 is 11.5. The molecule has 0 radical (unpaired) electrons. The van der Waals surface area contributed by atoms with Crippen LogP contribution in [0.3, 0.4) is 0 Å². The molecular weight excluding hydrogens is 416 g/mol. The molecule has 2 aliphatic rings. The van der Waals surface area contributed by atoms with E-state index in [0.29, 0.717) is 11.8 Å². The number of amides is 2. The minimum Gasteiger partial charge on any atom is -0.444 e. The Balaban J connectivity index is 1.83. The quantitative estimate of drug-likeness (QED) is 0.451. The number of rotatable bonds is 5. The van der Waals surface area contributed by atoms with Gasteiger partial charge in [-0.25, -0.2) is 9.59 Å². The molecule has 2 rings (SSSR count). The largest absolute Gasteiger partial charge is 0.444 e. The Hall–Kier alpha value is -1.46. The van der Waals surface area contributed by atoms with Gasteiger partial charge in [-0.2, -0.15) is 0 Å². The second-order valence-electron chi connectivity index (χ2n) is 13.7. The summed E-state index contributed by atoms with van der Waals surface area (Å²) in [5.41, 5.74) is -0.612. The highest BCUT2D eigenvalue weighted by atomic mass is 16.6. The van der Waals surface area contributed by atoms with Crippen molar-refractivity contribution in [2.75, 3.05) is 26.2 Å². The Morgan fingerprint density at radius 1 is 0.727 bits per heavy atom. The van der Waals surface area contributed by atoms with Gasteiger partial charge in [-0.1, -0.05) is 34.6 Å². The van der Waals surface area contributed by atoms with Crippen LogP contribution in [0, 0.1) is 22.7 Å². The average Bonchev–Trinajstić information content (AvgIpc) is 2.82. The Labute approximate surface area is 202 Å². The highest BCUT2D eigenvalue weighted by Gasteiger charge is 2.41. The smallest absolute Gasteiger partial charge is 0.410 e. The van der Waals surface area contributed by atoms with Crippen molar-refractivity contribution in [1.82, 2.24) is 9.80 Å². The van der Waals surface area contributed by atoms with Gasteiger partial charge in [0, 0.05) is 26.2 Å². The molecule has 0 bridgehead atoms. The lowest BCUT2D eigenvalue weighted by molar-refractivity contribution is -0.0358. The molecule has 6 heteroatoms. The Morgan fingerprint density at radius 3 is 1.85 bits per heavy atom. The van der Waals surface area contributed by atoms with Gasteiger partial charge in [-0.3, -0.25) is 0 Å². The summed E-state index contributed by atoms with van der Waals surface area (Å²) in [6.07, 6.45) is 4.51. The van der Waals surface area contributed by atoms with E-state index in [9.17, 15) is 9.59 Å². The Bertz CT molecular complexity index is 681. The van der Waals surface area contributed by atoms with Gasteiger partial charge in [0.1, 0.15) is 11.2 Å². The first-order valence-electron chi connectivity index (χ1n) is 12.9. The van der Waals surface area contributed by atoms with Gasteiger partial charge in [0.2, 0.25) is 0 Å². The number of ether oxygens (including phenoxy) is 2. The fourth-order valence-corrected chi connectivity index (χ4v) is 4.74. The number of carbonyl (C=O) groups is 2. The molecule has 192 valence electrons. The van der Waals surface area contributed by atoms with Crippen molar-refractivity contribution >= 4 is 12.2 Å². The topological polar surface area (TPSA) is 59.1 Å². The van der Waals surface area contributed by atoms with Crippen LogP contribution in [0.5, 0.6) is 0 Å². The number of hydrogen-bond donors (Lipinski definition) is 0. The van der Waals surface area contributed by atoms with Crippen molar-refractivity contribution in [3.05, 3.63) is 0 Å². The minimum absolute atomic E-state index is 0.113. The second kappa shape index (κ2) is 10.0. The van der Waals surface area contributed by atoms with E-state index in [0.717, 1.165) is 58.3 Å². The third-order valence-corrected chi connectivity index (χ3v) is 7.58. The number of carbonyl (C=O) groups excluding carboxylic acids is 2. The maximum atomic E-state index is 12.6. The zero-order valence-corrected chi connectivity index (χ0v) is 23.0. The van der Waals surface area contributed by atoms with Crippen molar-refractivity contribution in [1.29, 1.82) is 0 Å². The van der Waals surface area contributed by atoms with Crippen LogP contribution in [0.1, 0.15) is 101 Å². The summed E-state index contributed by atoms with van der Waals surface area (Å²) in [7, 11) is 0. The predicted molar refractivity (Wildman–Crippen MR) is 133 cm³/mol. The molecule has 0 N–H and O–H groups in total. The normalized spacial score (nSPS) is 21.3. The summed E-state index contributed by atoms with van der Waals surface area (Å²) in [6, 6.07) is 0. The van der Waals surface area contributed by atoms with Crippen LogP contribution in [0.25, 0.3) is 0 Å². The second-order valence-corrected chi connectivity index (χ2v) is 13.7. The molecule has 0 saturated carbocycles. The maximum absolute atomic E-state index is 12.6. The molecule has 0 aliphatic carbocycles. The van der Waals surface area contributed by atoms with E-state index in [1.165, 1.54) is 0 Å². The lowest BCUT2D eigenvalue weighted by Gasteiger charge is -2.46. The third kappa shape index (κ3) is 8.36. The molecule has 0 aromatic heterocycles. The van der Waals surface area contributed by atoms with Gasteiger partial charge in [0.25, 0.3) is 0 Å². The van der Waals surface area contributed by atoms with Gasteiger partial charge in [-0.05, 0) is 89.4 Å². The molecule has 33 heavy (non-hydrogen) atoms. The predicted octanol–water partition coefficient (Wildman–Crippen LogP) is 6.72. The lowest BCUT2D eigenvalue weighted by Crippen LogP contribution is -2.55. The van der Waals surface area contributed by atoms with Crippen LogP contribution in [0.4, 0.5) is 9.59 Å². The first-order chi connectivity index (χ1) is 14.9. The van der Waals surface area contributed by atoms with E-state index in [4.69, 9.17) is 9.47 Å². The molecule has 2 amide bonds. The highest BCUT2D eigenvalue weighted by Crippen LogP contribution is 2.41. The van der Waals surface area contributed by atoms with Crippen LogP contribution < -0.4 is 0 Å². The lowest BCUT2D eigenvalue weighted by atomic mass is 9.71. The van der Waals surface area contributed by atoms with Crippen molar-refractivity contribution in [3.8, 4) is 0 Å². The van der Waals surface area contributed by atoms with E-state index in [1.54, 1.807) is 0 Å². The Morgan fingerprint density at radius 2 is 1.30 bits per heavy atom. The fraction of sp³-hybridized carbons (Fsp3) is 0.926. The van der Waals surface area contributed by atoms with E-state index in [-0.39, 0.29) is 23.0 Å². The summed E-state index contributed by atoms with van der Waals surface area (Å²) >= 11 is 0. The average molecular weight is 467 g/mol. The third-order valence-electron chi connectivity index (χ3n) is 7.58. The molecule has 0 aromatic rings. The number of nitrogens with zero attached hydrogens (tertiary/aromatic N) is 2. The van der Waals surface area contributed by atoms with Gasteiger partial charge < -0.3 is 19.3 Å². The van der Waals surface area contributed by atoms with E-state index >= 15 is 0 Å². The molecule has 6 nitrogen and oxygen atoms in total. The maximum Gasteiger partial charge on any atom is 0.410 e. The molecule has 0 aromatic carbocycles. The van der Waals surface area contributed by atoms with Gasteiger partial charge in [0.05, 0.1) is 0 Å². The molecule has 2 heterocycles. The van der Waals surface area contributed by atoms with Gasteiger partial charge in [0.15, 0.2) is 0 Å². The standard InChI is InChI=1S/C27H50N2O4/c1-24(2,3)21-18-29(19-21)23(31)33-27(9,10)15-14-26(7,8)20-12-11-16-28(17-13-20)22(30)32-25(4,5)6/h20-21H,11-19H2,1-10H3. The van der Waals surface area contributed by atoms with Crippen LogP contribution in [0.15, 0.2) is 0 Å². The van der Waals surface area contributed by atoms with Crippen LogP contribution in [0.2, 0.25) is 0 Å². The minimum atomic E-state index is -0.492. The number of likely N-dealkylation sites (tertiary alicyclic amines) is 2. The highest BCUT2D eigenvalue weighted by molar-refractivity contribution is 5.69. The van der Waals surface area contributed by atoms with Crippen LogP contribution in [-0.4, -0.2) is 59.4 Å². The van der Waals surface area contributed by atoms with Gasteiger partial charge in [-0.15, -0.1) is 0 Å². The Kier molecular flexibility index (Phi) is 8.45. The van der Waals surface area contributed by atoms with Crippen molar-refractivity contribution in [2.24, 2.45) is 22.7 Å². The van der Waals surface area contributed by atoms with Crippen LogP contribution >= 0.6 is 0 Å². The van der Waals surface area contributed by atoms with E-state index in [1.807, 2.05) is 44.4 Å². The molecule has 2 saturated heterocycles. The molecule has 2 fully saturated rings. The summed E-state index contributed by atoms with van der Waals surface area (Å²) in [5.74, 6) is 1.07. The first-order valence-corrected chi connectivity index (χ1v) is 12.9. The molecule has 2 aliphatic heterocycles.